The van der Waals surface area contributed by atoms with Crippen molar-refractivity contribution in [3.63, 3.8) is 0 Å². The largest absolute Gasteiger partial charge is 0.343 e. The molecule has 0 saturated carbocycles. The van der Waals surface area contributed by atoms with Gasteiger partial charge in [0, 0.05) is 23.1 Å². The smallest absolute Gasteiger partial charge is 0.341 e. The molecule has 2 aromatic rings. The summed E-state index contributed by atoms with van der Waals surface area (Å²) in [5, 5.41) is 7.24. The van der Waals surface area contributed by atoms with E-state index >= 15 is 0 Å². The number of aromatic amines is 1. The van der Waals surface area contributed by atoms with E-state index in [1.165, 1.54) is 10.9 Å². The van der Waals surface area contributed by atoms with Crippen molar-refractivity contribution < 1.29 is 4.79 Å². The number of halogens is 2. The highest BCUT2D eigenvalue weighted by atomic mass is 35.5. The summed E-state index contributed by atoms with van der Waals surface area (Å²) < 4.78 is 1.26. The van der Waals surface area contributed by atoms with Crippen LogP contribution in [0, 0.1) is 0 Å². The van der Waals surface area contributed by atoms with Gasteiger partial charge in [-0.25, -0.2) is 9.89 Å². The minimum Gasteiger partial charge on any atom is -0.341 e. The normalized spacial score (nSPS) is 15.8. The lowest BCUT2D eigenvalue weighted by Gasteiger charge is -2.33. The zero-order valence-electron chi connectivity index (χ0n) is 12.3. The zero-order valence-corrected chi connectivity index (χ0v) is 13.8. The summed E-state index contributed by atoms with van der Waals surface area (Å²) in [5.41, 5.74) is 0.588. The van der Waals surface area contributed by atoms with Gasteiger partial charge in [-0.1, -0.05) is 29.3 Å². The highest BCUT2D eigenvalue weighted by Crippen LogP contribution is 2.37. The Morgan fingerprint density at radius 2 is 1.91 bits per heavy atom. The van der Waals surface area contributed by atoms with Crippen molar-refractivity contribution >= 4 is 29.1 Å². The molecule has 2 heterocycles. The van der Waals surface area contributed by atoms with Gasteiger partial charge in [-0.3, -0.25) is 9.36 Å². The number of hydrogen-bond donors (Lipinski definition) is 1. The number of likely N-dealkylation sites (tertiary alicyclic amines) is 1. The van der Waals surface area contributed by atoms with Gasteiger partial charge in [0.05, 0.1) is 0 Å². The molecule has 6 nitrogen and oxygen atoms in total. The number of aromatic nitrogens is 3. The van der Waals surface area contributed by atoms with E-state index in [1.54, 1.807) is 4.90 Å². The van der Waals surface area contributed by atoms with Crippen molar-refractivity contribution in [1.29, 1.82) is 0 Å². The van der Waals surface area contributed by atoms with E-state index in [-0.39, 0.29) is 24.1 Å². The zero-order chi connectivity index (χ0) is 16.4. The Morgan fingerprint density at radius 1 is 1.26 bits per heavy atom. The quantitative estimate of drug-likeness (QED) is 0.918. The molecule has 0 spiro atoms. The van der Waals surface area contributed by atoms with Crippen LogP contribution in [-0.4, -0.2) is 38.7 Å². The molecule has 0 aliphatic carbocycles. The second-order valence-corrected chi connectivity index (χ2v) is 6.39. The number of benzene rings is 1. The number of rotatable bonds is 3. The molecule has 122 valence electrons. The molecular weight excluding hydrogens is 339 g/mol. The highest BCUT2D eigenvalue weighted by molar-refractivity contribution is 6.36. The molecule has 0 radical (unpaired) electrons. The van der Waals surface area contributed by atoms with E-state index in [9.17, 15) is 9.59 Å². The molecule has 0 bridgehead atoms. The van der Waals surface area contributed by atoms with Crippen LogP contribution in [0.15, 0.2) is 29.3 Å². The van der Waals surface area contributed by atoms with Gasteiger partial charge in [0.15, 0.2) is 0 Å². The van der Waals surface area contributed by atoms with Crippen LogP contribution >= 0.6 is 23.2 Å². The molecule has 0 unspecified atom stereocenters. The van der Waals surface area contributed by atoms with E-state index in [1.807, 2.05) is 18.2 Å². The van der Waals surface area contributed by atoms with Crippen molar-refractivity contribution in [2.45, 2.75) is 25.3 Å². The highest BCUT2D eigenvalue weighted by Gasteiger charge is 2.26. The average molecular weight is 355 g/mol. The third-order valence-corrected chi connectivity index (χ3v) is 4.84. The molecule has 1 saturated heterocycles. The number of piperidine rings is 1. The van der Waals surface area contributed by atoms with Gasteiger partial charge >= 0.3 is 5.69 Å². The van der Waals surface area contributed by atoms with Crippen LogP contribution in [0.4, 0.5) is 0 Å². The van der Waals surface area contributed by atoms with Crippen LogP contribution in [0.2, 0.25) is 10.0 Å². The van der Waals surface area contributed by atoms with Gasteiger partial charge in [0.1, 0.15) is 12.9 Å². The van der Waals surface area contributed by atoms with E-state index in [0.717, 1.165) is 18.4 Å². The predicted octanol–water partition coefficient (Wildman–Crippen LogP) is 2.28. The molecule has 8 heteroatoms. The van der Waals surface area contributed by atoms with Crippen molar-refractivity contribution in [3.05, 3.63) is 50.6 Å². The standard InChI is InChI=1S/C15H16Cl2N4O2/c16-11-2-1-3-12(17)14(11)10-4-6-20(7-5-10)13(22)8-21-9-18-19-15(21)23/h1-3,9-10H,4-8H2,(H,19,23). The third kappa shape index (κ3) is 3.43. The fourth-order valence-corrected chi connectivity index (χ4v) is 3.65. The fourth-order valence-electron chi connectivity index (χ4n) is 2.95. The molecular formula is C15H16Cl2N4O2. The lowest BCUT2D eigenvalue weighted by atomic mass is 9.89. The Hall–Kier alpha value is -1.79. The lowest BCUT2D eigenvalue weighted by Crippen LogP contribution is -2.40. The number of hydrogen-bond acceptors (Lipinski definition) is 3. The minimum atomic E-state index is -0.379. The summed E-state index contributed by atoms with van der Waals surface area (Å²) in [7, 11) is 0. The van der Waals surface area contributed by atoms with Crippen LogP contribution in [0.25, 0.3) is 0 Å². The van der Waals surface area contributed by atoms with Crippen LogP contribution in [0.3, 0.4) is 0 Å². The Morgan fingerprint density at radius 3 is 2.48 bits per heavy atom. The van der Waals surface area contributed by atoms with Gasteiger partial charge in [0.2, 0.25) is 5.91 Å². The van der Waals surface area contributed by atoms with Crippen LogP contribution in [0.5, 0.6) is 0 Å². The predicted molar refractivity (Wildman–Crippen MR) is 87.9 cm³/mol. The van der Waals surface area contributed by atoms with Gasteiger partial charge in [0.25, 0.3) is 0 Å². The van der Waals surface area contributed by atoms with E-state index < -0.39 is 0 Å². The maximum absolute atomic E-state index is 12.3. The Balaban J connectivity index is 1.63. The number of amides is 1. The molecule has 1 fully saturated rings. The topological polar surface area (TPSA) is 71.0 Å². The first-order valence-electron chi connectivity index (χ1n) is 7.37. The second kappa shape index (κ2) is 6.76. The van der Waals surface area contributed by atoms with E-state index in [2.05, 4.69) is 10.2 Å². The number of H-pyrrole nitrogens is 1. The maximum atomic E-state index is 12.3. The van der Waals surface area contributed by atoms with Crippen molar-refractivity contribution in [1.82, 2.24) is 19.7 Å². The molecule has 23 heavy (non-hydrogen) atoms. The number of carbonyl (C=O) groups excluding carboxylic acids is 1. The minimum absolute atomic E-state index is 0.00679. The van der Waals surface area contributed by atoms with Crippen molar-refractivity contribution in [2.24, 2.45) is 0 Å². The third-order valence-electron chi connectivity index (χ3n) is 4.18. The Kier molecular flexibility index (Phi) is 4.73. The first-order chi connectivity index (χ1) is 11.1. The monoisotopic (exact) mass is 354 g/mol. The fraction of sp³-hybridized carbons (Fsp3) is 0.400. The first kappa shape index (κ1) is 16.1. The summed E-state index contributed by atoms with van der Waals surface area (Å²) in [6.07, 6.45) is 2.93. The first-order valence-corrected chi connectivity index (χ1v) is 8.13. The van der Waals surface area contributed by atoms with Crippen LogP contribution in [0.1, 0.15) is 24.3 Å². The average Bonchev–Trinajstić information content (AvgIpc) is 2.93. The molecule has 1 aliphatic heterocycles. The summed E-state index contributed by atoms with van der Waals surface area (Å²) in [5.74, 6) is 0.161. The lowest BCUT2D eigenvalue weighted by molar-refractivity contribution is -0.132. The van der Waals surface area contributed by atoms with Gasteiger partial charge in [-0.2, -0.15) is 5.10 Å². The molecule has 1 aliphatic rings. The Bertz CT molecular complexity index is 743. The summed E-state index contributed by atoms with van der Waals surface area (Å²) in [6, 6.07) is 5.51. The molecule has 0 atom stereocenters. The molecule has 1 aromatic heterocycles. The van der Waals surface area contributed by atoms with Gasteiger partial charge in [-0.15, -0.1) is 0 Å². The number of carbonyl (C=O) groups is 1. The molecule has 1 amide bonds. The number of nitrogens with zero attached hydrogens (tertiary/aromatic N) is 3. The SMILES string of the molecule is O=C(Cn1cn[nH]c1=O)N1CCC(c2c(Cl)cccc2Cl)CC1. The van der Waals surface area contributed by atoms with Crippen molar-refractivity contribution in [3.8, 4) is 0 Å². The van der Waals surface area contributed by atoms with Gasteiger partial charge in [-0.05, 0) is 36.5 Å². The molecule has 3 rings (SSSR count). The van der Waals surface area contributed by atoms with Gasteiger partial charge < -0.3 is 4.90 Å². The summed E-state index contributed by atoms with van der Waals surface area (Å²) in [6.45, 7) is 1.25. The molecule has 1 aromatic carbocycles. The van der Waals surface area contributed by atoms with E-state index in [0.29, 0.717) is 23.1 Å². The van der Waals surface area contributed by atoms with Crippen LogP contribution in [-0.2, 0) is 11.3 Å². The Labute approximate surface area is 143 Å². The summed E-state index contributed by atoms with van der Waals surface area (Å²) >= 11 is 12.5. The van der Waals surface area contributed by atoms with E-state index in [4.69, 9.17) is 23.2 Å². The number of nitrogens with one attached hydrogen (secondary N) is 1. The van der Waals surface area contributed by atoms with Crippen LogP contribution < -0.4 is 5.69 Å². The summed E-state index contributed by atoms with van der Waals surface area (Å²) in [4.78, 5) is 25.4. The van der Waals surface area contributed by atoms with Crippen molar-refractivity contribution in [2.75, 3.05) is 13.1 Å². The maximum Gasteiger partial charge on any atom is 0.343 e. The molecule has 1 N–H and O–H groups in total. The second-order valence-electron chi connectivity index (χ2n) is 5.58.